The zero-order chi connectivity index (χ0) is 21.3. The summed E-state index contributed by atoms with van der Waals surface area (Å²) in [6.07, 6.45) is -0.544. The van der Waals surface area contributed by atoms with Crippen LogP contribution in [0.4, 0.5) is 0 Å². The third-order valence-corrected chi connectivity index (χ3v) is 5.28. The Hall–Kier alpha value is -2.34. The van der Waals surface area contributed by atoms with Gasteiger partial charge in [-0.3, -0.25) is 0 Å². The highest BCUT2D eigenvalue weighted by Gasteiger charge is 2.13. The van der Waals surface area contributed by atoms with Crippen LogP contribution in [0.15, 0.2) is 71.2 Å². The predicted octanol–water partition coefficient (Wildman–Crippen LogP) is 5.56. The van der Waals surface area contributed by atoms with Crippen LogP contribution < -0.4 is 14.8 Å². The number of aryl methyl sites for hydroxylation is 1. The van der Waals surface area contributed by atoms with Crippen molar-refractivity contribution in [2.75, 3.05) is 13.2 Å². The molecule has 4 nitrogen and oxygen atoms in total. The molecule has 30 heavy (non-hydrogen) atoms. The Morgan fingerprint density at radius 2 is 1.77 bits per heavy atom. The summed E-state index contributed by atoms with van der Waals surface area (Å²) in [4.78, 5) is 0. The van der Waals surface area contributed by atoms with Crippen molar-refractivity contribution in [3.05, 3.63) is 93.5 Å². The summed E-state index contributed by atoms with van der Waals surface area (Å²) >= 11 is 3.63. The zero-order valence-corrected chi connectivity index (χ0v) is 19.0. The Morgan fingerprint density at radius 3 is 2.50 bits per heavy atom. The summed E-state index contributed by atoms with van der Waals surface area (Å²) < 4.78 is 12.8. The Labute approximate surface area is 187 Å². The number of ether oxygens (including phenoxy) is 2. The maximum Gasteiger partial charge on any atom is 0.175 e. The van der Waals surface area contributed by atoms with Crippen LogP contribution in [0.25, 0.3) is 0 Å². The van der Waals surface area contributed by atoms with Crippen molar-refractivity contribution in [1.29, 1.82) is 0 Å². The molecule has 158 valence electrons. The standard InChI is InChI=1S/C25H28BrNO3/c1-3-29-24-14-20(15-27-16-23(28)21-10-5-4-6-11-21)13-22(26)25(24)30-17-19-9-7-8-18(2)12-19/h4-14,23,27-28H,3,15-17H2,1-2H3/t23-/m1/s1. The number of nitrogens with one attached hydrogen (secondary N) is 1. The topological polar surface area (TPSA) is 50.7 Å². The average Bonchev–Trinajstić information content (AvgIpc) is 2.74. The van der Waals surface area contributed by atoms with Gasteiger partial charge < -0.3 is 19.9 Å². The second-order valence-electron chi connectivity index (χ2n) is 7.17. The van der Waals surface area contributed by atoms with Gasteiger partial charge in [0.25, 0.3) is 0 Å². The first-order chi connectivity index (χ1) is 14.6. The number of benzene rings is 3. The molecule has 0 saturated carbocycles. The molecule has 0 unspecified atom stereocenters. The van der Waals surface area contributed by atoms with Crippen molar-refractivity contribution in [3.8, 4) is 11.5 Å². The van der Waals surface area contributed by atoms with Gasteiger partial charge in [0.15, 0.2) is 11.5 Å². The average molecular weight is 470 g/mol. The van der Waals surface area contributed by atoms with E-state index in [1.54, 1.807) is 0 Å². The second kappa shape index (κ2) is 11.2. The lowest BCUT2D eigenvalue weighted by Crippen LogP contribution is -2.21. The third kappa shape index (κ3) is 6.33. The van der Waals surface area contributed by atoms with Gasteiger partial charge in [-0.2, -0.15) is 0 Å². The van der Waals surface area contributed by atoms with Gasteiger partial charge in [0.05, 0.1) is 17.2 Å². The normalized spacial score (nSPS) is 11.9. The Morgan fingerprint density at radius 1 is 0.967 bits per heavy atom. The van der Waals surface area contributed by atoms with E-state index in [0.29, 0.717) is 37.8 Å². The molecule has 0 heterocycles. The van der Waals surface area contributed by atoms with Crippen molar-refractivity contribution >= 4 is 15.9 Å². The highest BCUT2D eigenvalue weighted by Crippen LogP contribution is 2.37. The van der Waals surface area contributed by atoms with Gasteiger partial charge in [-0.05, 0) is 58.6 Å². The summed E-state index contributed by atoms with van der Waals surface area (Å²) in [6.45, 7) is 6.14. The molecule has 3 rings (SSSR count). The minimum Gasteiger partial charge on any atom is -0.490 e. The van der Waals surface area contributed by atoms with Gasteiger partial charge in [-0.25, -0.2) is 0 Å². The number of hydrogen-bond donors (Lipinski definition) is 2. The van der Waals surface area contributed by atoms with Crippen LogP contribution in [-0.2, 0) is 13.2 Å². The van der Waals surface area contributed by atoms with Crippen molar-refractivity contribution in [1.82, 2.24) is 5.32 Å². The minimum absolute atomic E-state index is 0.469. The molecule has 0 amide bonds. The molecule has 0 radical (unpaired) electrons. The van der Waals surface area contributed by atoms with E-state index in [1.807, 2.05) is 55.5 Å². The summed E-state index contributed by atoms with van der Waals surface area (Å²) in [5, 5.41) is 13.6. The molecule has 0 spiro atoms. The quantitative estimate of drug-likeness (QED) is 0.408. The molecule has 0 saturated heterocycles. The fourth-order valence-electron chi connectivity index (χ4n) is 3.23. The second-order valence-corrected chi connectivity index (χ2v) is 8.03. The molecule has 0 bridgehead atoms. The van der Waals surface area contributed by atoms with Crippen LogP contribution in [0, 0.1) is 6.92 Å². The van der Waals surface area contributed by atoms with E-state index >= 15 is 0 Å². The SMILES string of the molecule is CCOc1cc(CNC[C@@H](O)c2ccccc2)cc(Br)c1OCc1cccc(C)c1. The van der Waals surface area contributed by atoms with Gasteiger partial charge in [-0.15, -0.1) is 0 Å². The van der Waals surface area contributed by atoms with Crippen molar-refractivity contribution in [2.24, 2.45) is 0 Å². The highest BCUT2D eigenvalue weighted by molar-refractivity contribution is 9.10. The monoisotopic (exact) mass is 469 g/mol. The first-order valence-corrected chi connectivity index (χ1v) is 10.9. The maximum atomic E-state index is 10.3. The van der Waals surface area contributed by atoms with Gasteiger partial charge in [-0.1, -0.05) is 60.2 Å². The summed E-state index contributed by atoms with van der Waals surface area (Å²) in [5.41, 5.74) is 4.28. The fourth-order valence-corrected chi connectivity index (χ4v) is 3.83. The van der Waals surface area contributed by atoms with E-state index in [1.165, 1.54) is 5.56 Å². The molecule has 0 aliphatic carbocycles. The summed E-state index contributed by atoms with van der Waals surface area (Å²) in [5.74, 6) is 1.41. The summed E-state index contributed by atoms with van der Waals surface area (Å²) in [7, 11) is 0. The van der Waals surface area contributed by atoms with Crippen LogP contribution >= 0.6 is 15.9 Å². The van der Waals surface area contributed by atoms with Gasteiger partial charge >= 0.3 is 0 Å². The fraction of sp³-hybridized carbons (Fsp3) is 0.280. The van der Waals surface area contributed by atoms with Crippen molar-refractivity contribution < 1.29 is 14.6 Å². The molecule has 1 atom stereocenters. The number of aliphatic hydroxyl groups excluding tert-OH is 1. The van der Waals surface area contributed by atoms with E-state index in [2.05, 4.69) is 46.4 Å². The molecule has 0 aliphatic heterocycles. The number of halogens is 1. The molecular weight excluding hydrogens is 442 g/mol. The van der Waals surface area contributed by atoms with E-state index in [-0.39, 0.29) is 0 Å². The Bertz CT molecular complexity index is 946. The molecule has 3 aromatic carbocycles. The highest BCUT2D eigenvalue weighted by atomic mass is 79.9. The van der Waals surface area contributed by atoms with Crippen molar-refractivity contribution in [3.63, 3.8) is 0 Å². The van der Waals surface area contributed by atoms with E-state index < -0.39 is 6.10 Å². The van der Waals surface area contributed by atoms with E-state index in [4.69, 9.17) is 9.47 Å². The first kappa shape index (κ1) is 22.3. The largest absolute Gasteiger partial charge is 0.490 e. The van der Waals surface area contributed by atoms with Crippen molar-refractivity contribution in [2.45, 2.75) is 33.1 Å². The number of hydrogen-bond acceptors (Lipinski definition) is 4. The molecule has 5 heteroatoms. The zero-order valence-electron chi connectivity index (χ0n) is 17.4. The lowest BCUT2D eigenvalue weighted by Gasteiger charge is -2.17. The maximum absolute atomic E-state index is 10.3. The van der Waals surface area contributed by atoms with Gasteiger partial charge in [0, 0.05) is 13.1 Å². The number of rotatable bonds is 10. The van der Waals surface area contributed by atoms with Crippen LogP contribution in [0.1, 0.15) is 35.3 Å². The molecular formula is C25H28BrNO3. The molecule has 2 N–H and O–H groups in total. The first-order valence-electron chi connectivity index (χ1n) is 10.1. The molecule has 3 aromatic rings. The Kier molecular flexibility index (Phi) is 8.31. The molecule has 0 aliphatic rings. The lowest BCUT2D eigenvalue weighted by molar-refractivity contribution is 0.174. The van der Waals surface area contributed by atoms with Crippen LogP contribution in [0.3, 0.4) is 0 Å². The summed E-state index contributed by atoms with van der Waals surface area (Å²) in [6, 6.07) is 21.9. The third-order valence-electron chi connectivity index (χ3n) is 4.69. The van der Waals surface area contributed by atoms with Crippen LogP contribution in [0.5, 0.6) is 11.5 Å². The minimum atomic E-state index is -0.544. The van der Waals surface area contributed by atoms with E-state index in [0.717, 1.165) is 21.2 Å². The van der Waals surface area contributed by atoms with E-state index in [9.17, 15) is 5.11 Å². The lowest BCUT2D eigenvalue weighted by atomic mass is 10.1. The molecule has 0 fully saturated rings. The molecule has 0 aromatic heterocycles. The van der Waals surface area contributed by atoms with Crippen LogP contribution in [0.2, 0.25) is 0 Å². The number of aliphatic hydroxyl groups is 1. The smallest absolute Gasteiger partial charge is 0.175 e. The van der Waals surface area contributed by atoms with Gasteiger partial charge in [0.1, 0.15) is 6.61 Å². The Balaban J connectivity index is 1.64. The van der Waals surface area contributed by atoms with Crippen LogP contribution in [-0.4, -0.2) is 18.3 Å². The van der Waals surface area contributed by atoms with Gasteiger partial charge in [0.2, 0.25) is 0 Å². The predicted molar refractivity (Wildman–Crippen MR) is 124 cm³/mol.